The molecule has 122 valence electrons. The van der Waals surface area contributed by atoms with Crippen molar-refractivity contribution in [3.63, 3.8) is 0 Å². The number of benzene rings is 2. The Balaban J connectivity index is 2.17. The van der Waals surface area contributed by atoms with Gasteiger partial charge in [-0.05, 0) is 19.4 Å². The fraction of sp³-hybridized carbons (Fsp3) is 0.250. The van der Waals surface area contributed by atoms with Crippen LogP contribution in [0.25, 0.3) is 0 Å². The lowest BCUT2D eigenvalue weighted by Crippen LogP contribution is -2.41. The molecule has 0 saturated heterocycles. The Morgan fingerprint density at radius 1 is 0.958 bits per heavy atom. The Morgan fingerprint density at radius 3 is 2.00 bits per heavy atom. The van der Waals surface area contributed by atoms with Gasteiger partial charge >= 0.3 is 5.97 Å². The molecular formula is C20H18O4. The third kappa shape index (κ3) is 2.35. The van der Waals surface area contributed by atoms with E-state index in [0.29, 0.717) is 16.7 Å². The number of aryl methyl sites for hydroxylation is 1. The summed E-state index contributed by atoms with van der Waals surface area (Å²) in [6, 6.07) is 13.9. The van der Waals surface area contributed by atoms with E-state index in [4.69, 9.17) is 4.74 Å². The quantitative estimate of drug-likeness (QED) is 0.640. The molecule has 0 N–H and O–H groups in total. The van der Waals surface area contributed by atoms with Crippen LogP contribution in [0, 0.1) is 6.92 Å². The molecule has 3 rings (SSSR count). The van der Waals surface area contributed by atoms with Gasteiger partial charge in [0, 0.05) is 11.1 Å². The van der Waals surface area contributed by atoms with Crippen molar-refractivity contribution in [3.05, 3.63) is 70.8 Å². The molecule has 1 aliphatic carbocycles. The number of hydrogen-bond donors (Lipinski definition) is 0. The van der Waals surface area contributed by atoms with Crippen LogP contribution >= 0.6 is 0 Å². The summed E-state index contributed by atoms with van der Waals surface area (Å²) in [5, 5.41) is 0. The van der Waals surface area contributed by atoms with Crippen molar-refractivity contribution in [1.82, 2.24) is 0 Å². The van der Waals surface area contributed by atoms with Crippen molar-refractivity contribution in [3.8, 4) is 0 Å². The van der Waals surface area contributed by atoms with Gasteiger partial charge in [-0.1, -0.05) is 54.1 Å². The van der Waals surface area contributed by atoms with Crippen LogP contribution in [-0.4, -0.2) is 24.1 Å². The number of fused-ring (bicyclic) bond motifs is 1. The molecule has 4 heteroatoms. The summed E-state index contributed by atoms with van der Waals surface area (Å²) in [5.41, 5.74) is 0.761. The average molecular weight is 322 g/mol. The molecule has 1 aliphatic rings. The molecule has 0 aliphatic heterocycles. The topological polar surface area (TPSA) is 60.4 Å². The van der Waals surface area contributed by atoms with Gasteiger partial charge in [-0.25, -0.2) is 0 Å². The van der Waals surface area contributed by atoms with Crippen LogP contribution < -0.4 is 0 Å². The number of carbonyl (C=O) groups excluding carboxylic acids is 3. The molecule has 0 bridgehead atoms. The highest BCUT2D eigenvalue weighted by atomic mass is 16.5. The summed E-state index contributed by atoms with van der Waals surface area (Å²) >= 11 is 0. The maximum atomic E-state index is 13.1. The number of ether oxygens (including phenoxy) is 1. The van der Waals surface area contributed by atoms with Crippen molar-refractivity contribution in [2.75, 3.05) is 6.61 Å². The molecule has 0 aromatic heterocycles. The van der Waals surface area contributed by atoms with E-state index in [2.05, 4.69) is 0 Å². The molecule has 0 unspecified atom stereocenters. The van der Waals surface area contributed by atoms with Gasteiger partial charge in [-0.2, -0.15) is 0 Å². The Kier molecular flexibility index (Phi) is 4.06. The van der Waals surface area contributed by atoms with Gasteiger partial charge < -0.3 is 4.74 Å². The van der Waals surface area contributed by atoms with Crippen LogP contribution in [0.4, 0.5) is 0 Å². The maximum absolute atomic E-state index is 13.1. The minimum absolute atomic E-state index is 0.206. The Morgan fingerprint density at radius 2 is 1.50 bits per heavy atom. The zero-order chi connectivity index (χ0) is 17.3. The van der Waals surface area contributed by atoms with E-state index in [1.54, 1.807) is 43.3 Å². The SMILES string of the molecule is CCOC(=O)CC1(c2ccc(C)cc2)C(=O)c2ccccc2C1=O. The predicted octanol–water partition coefficient (Wildman–Crippen LogP) is 3.27. The monoisotopic (exact) mass is 322 g/mol. The van der Waals surface area contributed by atoms with Gasteiger partial charge in [0.15, 0.2) is 11.6 Å². The molecule has 2 aromatic rings. The van der Waals surface area contributed by atoms with Crippen molar-refractivity contribution < 1.29 is 19.1 Å². The zero-order valence-electron chi connectivity index (χ0n) is 13.7. The lowest BCUT2D eigenvalue weighted by atomic mass is 9.73. The number of carbonyl (C=O) groups is 3. The smallest absolute Gasteiger partial charge is 0.307 e. The van der Waals surface area contributed by atoms with Gasteiger partial charge in [-0.3, -0.25) is 14.4 Å². The highest BCUT2D eigenvalue weighted by molar-refractivity contribution is 6.34. The van der Waals surface area contributed by atoms with E-state index in [1.165, 1.54) is 0 Å². The van der Waals surface area contributed by atoms with E-state index in [1.807, 2.05) is 19.1 Å². The van der Waals surface area contributed by atoms with Crippen molar-refractivity contribution in [2.45, 2.75) is 25.7 Å². The largest absolute Gasteiger partial charge is 0.466 e. The van der Waals surface area contributed by atoms with Gasteiger partial charge in [0.25, 0.3) is 0 Å². The summed E-state index contributed by atoms with van der Waals surface area (Å²) in [6.45, 7) is 3.83. The maximum Gasteiger partial charge on any atom is 0.307 e. The summed E-state index contributed by atoms with van der Waals surface area (Å²) < 4.78 is 5.03. The Hall–Kier alpha value is -2.75. The second-order valence-electron chi connectivity index (χ2n) is 5.96. The standard InChI is InChI=1S/C20H18O4/c1-3-24-17(21)12-20(14-10-8-13(2)9-11-14)18(22)15-6-4-5-7-16(15)19(20)23/h4-11H,3,12H2,1-2H3. The summed E-state index contributed by atoms with van der Waals surface area (Å²) in [7, 11) is 0. The van der Waals surface area contributed by atoms with Crippen molar-refractivity contribution >= 4 is 17.5 Å². The van der Waals surface area contributed by atoms with Gasteiger partial charge in [0.05, 0.1) is 13.0 Å². The van der Waals surface area contributed by atoms with E-state index in [-0.39, 0.29) is 24.6 Å². The van der Waals surface area contributed by atoms with Gasteiger partial charge in [-0.15, -0.1) is 0 Å². The molecule has 0 heterocycles. The third-order valence-corrected chi connectivity index (χ3v) is 4.45. The highest BCUT2D eigenvalue weighted by Crippen LogP contribution is 2.42. The van der Waals surface area contributed by atoms with Crippen LogP contribution in [0.5, 0.6) is 0 Å². The summed E-state index contributed by atoms with van der Waals surface area (Å²) in [4.78, 5) is 38.4. The molecule has 0 atom stereocenters. The number of esters is 1. The van der Waals surface area contributed by atoms with Crippen LogP contribution in [0.1, 0.15) is 45.2 Å². The minimum atomic E-state index is -1.52. The Bertz CT molecular complexity index is 783. The summed E-state index contributed by atoms with van der Waals surface area (Å²) in [6.07, 6.45) is -0.282. The first-order valence-electron chi connectivity index (χ1n) is 7.92. The van der Waals surface area contributed by atoms with Crippen LogP contribution in [0.2, 0.25) is 0 Å². The number of ketones is 2. The lowest BCUT2D eigenvalue weighted by Gasteiger charge is -2.25. The molecule has 0 saturated carbocycles. The molecule has 4 nitrogen and oxygen atoms in total. The molecule has 0 spiro atoms. The van der Waals surface area contributed by atoms with Gasteiger partial charge in [0.2, 0.25) is 0 Å². The average Bonchev–Trinajstić information content (AvgIpc) is 2.79. The first kappa shape index (κ1) is 16.1. The fourth-order valence-corrected chi connectivity index (χ4v) is 3.23. The second kappa shape index (κ2) is 6.04. The van der Waals surface area contributed by atoms with Crippen LogP contribution in [0.3, 0.4) is 0 Å². The zero-order valence-corrected chi connectivity index (χ0v) is 13.7. The number of hydrogen-bond acceptors (Lipinski definition) is 4. The van der Waals surface area contributed by atoms with E-state index in [9.17, 15) is 14.4 Å². The highest BCUT2D eigenvalue weighted by Gasteiger charge is 2.55. The fourth-order valence-electron chi connectivity index (χ4n) is 3.23. The van der Waals surface area contributed by atoms with Crippen molar-refractivity contribution in [1.29, 1.82) is 0 Å². The minimum Gasteiger partial charge on any atom is -0.466 e. The van der Waals surface area contributed by atoms with E-state index in [0.717, 1.165) is 5.56 Å². The van der Waals surface area contributed by atoms with Crippen LogP contribution in [-0.2, 0) is 14.9 Å². The third-order valence-electron chi connectivity index (χ3n) is 4.45. The molecule has 2 aromatic carbocycles. The second-order valence-corrected chi connectivity index (χ2v) is 5.96. The molecule has 0 fully saturated rings. The molecular weight excluding hydrogens is 304 g/mol. The summed E-state index contributed by atoms with van der Waals surface area (Å²) in [5.74, 6) is -1.22. The predicted molar refractivity (Wildman–Crippen MR) is 89.2 cm³/mol. The van der Waals surface area contributed by atoms with E-state index < -0.39 is 11.4 Å². The lowest BCUT2D eigenvalue weighted by molar-refractivity contribution is -0.143. The van der Waals surface area contributed by atoms with Crippen molar-refractivity contribution in [2.24, 2.45) is 0 Å². The number of rotatable bonds is 4. The molecule has 0 amide bonds. The van der Waals surface area contributed by atoms with E-state index >= 15 is 0 Å². The normalized spacial score (nSPS) is 15.2. The first-order chi connectivity index (χ1) is 11.5. The molecule has 24 heavy (non-hydrogen) atoms. The Labute approximate surface area is 140 Å². The van der Waals surface area contributed by atoms with Gasteiger partial charge in [0.1, 0.15) is 5.41 Å². The number of Topliss-reactive ketones (excluding diaryl/α,β-unsaturated/α-hetero) is 2. The first-order valence-corrected chi connectivity index (χ1v) is 7.92. The molecule has 0 radical (unpaired) electrons. The van der Waals surface area contributed by atoms with Crippen LogP contribution in [0.15, 0.2) is 48.5 Å².